The minimum absolute atomic E-state index is 0.0585. The summed E-state index contributed by atoms with van der Waals surface area (Å²) < 4.78 is 6.50. The zero-order valence-corrected chi connectivity index (χ0v) is 15.7. The van der Waals surface area contributed by atoms with Crippen LogP contribution in [0.15, 0.2) is 77.3 Å². The molecule has 4 rings (SSSR count). The lowest BCUT2D eigenvalue weighted by molar-refractivity contribution is 0.0974. The van der Waals surface area contributed by atoms with Crippen LogP contribution in [-0.2, 0) is 0 Å². The van der Waals surface area contributed by atoms with Crippen LogP contribution in [0.5, 0.6) is 5.75 Å². The summed E-state index contributed by atoms with van der Waals surface area (Å²) in [5.74, 6) is 0.598. The number of fused-ring (bicyclic) bond motifs is 1. The zero-order chi connectivity index (χ0) is 18.1. The summed E-state index contributed by atoms with van der Waals surface area (Å²) in [6.07, 6.45) is -0.332. The van der Waals surface area contributed by atoms with E-state index in [4.69, 9.17) is 4.74 Å². The SMILES string of the molecule is COc1ccccc1N1C(=O)c2ccccc2N[C@@H]1c1ccc(Br)cc1. The molecule has 26 heavy (non-hydrogen) atoms. The highest BCUT2D eigenvalue weighted by molar-refractivity contribution is 9.10. The van der Waals surface area contributed by atoms with E-state index < -0.39 is 0 Å². The van der Waals surface area contributed by atoms with Crippen molar-refractivity contribution in [2.75, 3.05) is 17.3 Å². The van der Waals surface area contributed by atoms with E-state index in [0.29, 0.717) is 11.3 Å². The van der Waals surface area contributed by atoms with Gasteiger partial charge in [-0.2, -0.15) is 0 Å². The molecular formula is C21H17BrN2O2. The average molecular weight is 409 g/mol. The number of ether oxygens (including phenoxy) is 1. The lowest BCUT2D eigenvalue weighted by Gasteiger charge is -2.38. The number of rotatable bonds is 3. The third-order valence-corrected chi connectivity index (χ3v) is 4.99. The summed E-state index contributed by atoms with van der Waals surface area (Å²) in [6.45, 7) is 0. The normalized spacial score (nSPS) is 16.0. The Labute approximate surface area is 160 Å². The zero-order valence-electron chi connectivity index (χ0n) is 14.1. The van der Waals surface area contributed by atoms with Gasteiger partial charge in [-0.25, -0.2) is 0 Å². The predicted molar refractivity (Wildman–Crippen MR) is 107 cm³/mol. The summed E-state index contributed by atoms with van der Waals surface area (Å²) in [7, 11) is 1.61. The fourth-order valence-electron chi connectivity index (χ4n) is 3.21. The second-order valence-electron chi connectivity index (χ2n) is 5.99. The van der Waals surface area contributed by atoms with E-state index >= 15 is 0 Å². The molecule has 3 aromatic carbocycles. The Morgan fingerprint density at radius 3 is 2.42 bits per heavy atom. The van der Waals surface area contributed by atoms with Gasteiger partial charge >= 0.3 is 0 Å². The molecule has 1 heterocycles. The third kappa shape index (κ3) is 2.84. The van der Waals surface area contributed by atoms with Crippen molar-refractivity contribution < 1.29 is 9.53 Å². The van der Waals surface area contributed by atoms with E-state index in [9.17, 15) is 4.79 Å². The molecule has 0 aromatic heterocycles. The molecule has 0 saturated carbocycles. The lowest BCUT2D eigenvalue weighted by atomic mass is 10.0. The molecule has 1 amide bonds. The fourth-order valence-corrected chi connectivity index (χ4v) is 3.47. The molecule has 0 unspecified atom stereocenters. The van der Waals surface area contributed by atoms with Gasteiger partial charge in [-0.15, -0.1) is 0 Å². The summed E-state index contributed by atoms with van der Waals surface area (Å²) in [6, 6.07) is 23.1. The van der Waals surface area contributed by atoms with Crippen LogP contribution >= 0.6 is 15.9 Å². The number of methoxy groups -OCH3 is 1. The van der Waals surface area contributed by atoms with E-state index in [0.717, 1.165) is 21.4 Å². The molecule has 5 heteroatoms. The minimum Gasteiger partial charge on any atom is -0.495 e. The first kappa shape index (κ1) is 16.7. The van der Waals surface area contributed by atoms with Crippen molar-refractivity contribution in [3.8, 4) is 5.75 Å². The smallest absolute Gasteiger partial charge is 0.262 e. The van der Waals surface area contributed by atoms with Gasteiger partial charge in [0.15, 0.2) is 0 Å². The van der Waals surface area contributed by atoms with Crippen molar-refractivity contribution in [3.63, 3.8) is 0 Å². The van der Waals surface area contributed by atoms with Gasteiger partial charge in [0, 0.05) is 10.2 Å². The first-order chi connectivity index (χ1) is 12.7. The number of carbonyl (C=O) groups excluding carboxylic acids is 1. The molecule has 1 aliphatic rings. The maximum absolute atomic E-state index is 13.4. The van der Waals surface area contributed by atoms with Gasteiger partial charge in [0.1, 0.15) is 11.9 Å². The van der Waals surface area contributed by atoms with E-state index in [-0.39, 0.29) is 12.1 Å². The molecule has 4 nitrogen and oxygen atoms in total. The van der Waals surface area contributed by atoms with Gasteiger partial charge in [-0.3, -0.25) is 9.69 Å². The molecule has 1 N–H and O–H groups in total. The highest BCUT2D eigenvalue weighted by Gasteiger charge is 2.35. The Kier molecular flexibility index (Phi) is 4.39. The highest BCUT2D eigenvalue weighted by atomic mass is 79.9. The van der Waals surface area contributed by atoms with Crippen LogP contribution in [0.1, 0.15) is 22.1 Å². The number of carbonyl (C=O) groups is 1. The number of amides is 1. The quantitative estimate of drug-likeness (QED) is 0.644. The van der Waals surface area contributed by atoms with Gasteiger partial charge in [-0.1, -0.05) is 52.3 Å². The largest absolute Gasteiger partial charge is 0.495 e. The molecule has 130 valence electrons. The van der Waals surface area contributed by atoms with E-state index in [1.54, 1.807) is 12.0 Å². The molecule has 0 bridgehead atoms. The summed E-state index contributed by atoms with van der Waals surface area (Å²) in [5, 5.41) is 3.50. The van der Waals surface area contributed by atoms with Gasteiger partial charge in [0.25, 0.3) is 5.91 Å². The molecule has 0 fully saturated rings. The first-order valence-electron chi connectivity index (χ1n) is 8.26. The number of hydrogen-bond donors (Lipinski definition) is 1. The summed E-state index contributed by atoms with van der Waals surface area (Å²) in [4.78, 5) is 15.1. The van der Waals surface area contributed by atoms with Crippen LogP contribution in [0.25, 0.3) is 0 Å². The van der Waals surface area contributed by atoms with Gasteiger partial charge in [0.2, 0.25) is 0 Å². The number of hydrogen-bond acceptors (Lipinski definition) is 3. The Bertz CT molecular complexity index is 956. The van der Waals surface area contributed by atoms with Gasteiger partial charge in [0.05, 0.1) is 18.4 Å². The average Bonchev–Trinajstić information content (AvgIpc) is 2.68. The van der Waals surface area contributed by atoms with E-state index in [1.807, 2.05) is 72.8 Å². The Morgan fingerprint density at radius 2 is 1.65 bits per heavy atom. The number of benzene rings is 3. The standard InChI is InChI=1S/C21H17BrN2O2/c1-26-19-9-5-4-8-18(19)24-20(14-10-12-15(22)13-11-14)23-17-7-3-2-6-16(17)21(24)25/h2-13,20,23H,1H3/t20-/m0/s1. The molecule has 0 saturated heterocycles. The molecule has 1 atom stereocenters. The van der Waals surface area contributed by atoms with Crippen LogP contribution in [0, 0.1) is 0 Å². The van der Waals surface area contributed by atoms with Crippen LogP contribution in [0.2, 0.25) is 0 Å². The third-order valence-electron chi connectivity index (χ3n) is 4.46. The molecular weight excluding hydrogens is 392 g/mol. The Hall–Kier alpha value is -2.79. The number of anilines is 2. The van der Waals surface area contributed by atoms with Gasteiger partial charge in [-0.05, 0) is 42.0 Å². The first-order valence-corrected chi connectivity index (χ1v) is 9.06. The van der Waals surface area contributed by atoms with Crippen LogP contribution in [0.4, 0.5) is 11.4 Å². The van der Waals surface area contributed by atoms with Crippen molar-refractivity contribution in [2.24, 2.45) is 0 Å². The van der Waals surface area contributed by atoms with Crippen molar-refractivity contribution in [2.45, 2.75) is 6.17 Å². The van der Waals surface area contributed by atoms with Crippen LogP contribution < -0.4 is 15.0 Å². The molecule has 0 spiro atoms. The van der Waals surface area contributed by atoms with Crippen molar-refractivity contribution in [3.05, 3.63) is 88.4 Å². The van der Waals surface area contributed by atoms with Gasteiger partial charge < -0.3 is 10.1 Å². The van der Waals surface area contributed by atoms with Crippen LogP contribution in [0.3, 0.4) is 0 Å². The van der Waals surface area contributed by atoms with Crippen molar-refractivity contribution >= 4 is 33.2 Å². The molecule has 0 aliphatic carbocycles. The number of halogens is 1. The number of nitrogens with zero attached hydrogens (tertiary/aromatic N) is 1. The van der Waals surface area contributed by atoms with Crippen LogP contribution in [-0.4, -0.2) is 13.0 Å². The number of nitrogens with one attached hydrogen (secondary N) is 1. The minimum atomic E-state index is -0.332. The van der Waals surface area contributed by atoms with E-state index in [2.05, 4.69) is 21.2 Å². The predicted octanol–water partition coefficient (Wildman–Crippen LogP) is 5.23. The summed E-state index contributed by atoms with van der Waals surface area (Å²) in [5.41, 5.74) is 3.19. The fraction of sp³-hybridized carbons (Fsp3) is 0.0952. The maximum atomic E-state index is 13.4. The Morgan fingerprint density at radius 1 is 0.962 bits per heavy atom. The van der Waals surface area contributed by atoms with Crippen molar-refractivity contribution in [1.82, 2.24) is 0 Å². The second-order valence-corrected chi connectivity index (χ2v) is 6.91. The topological polar surface area (TPSA) is 41.6 Å². The molecule has 3 aromatic rings. The Balaban J connectivity index is 1.89. The number of para-hydroxylation sites is 3. The highest BCUT2D eigenvalue weighted by Crippen LogP contribution is 2.40. The maximum Gasteiger partial charge on any atom is 0.262 e. The van der Waals surface area contributed by atoms with E-state index in [1.165, 1.54) is 0 Å². The molecule has 1 aliphatic heterocycles. The lowest BCUT2D eigenvalue weighted by Crippen LogP contribution is -2.43. The second kappa shape index (κ2) is 6.84. The monoisotopic (exact) mass is 408 g/mol. The molecule has 0 radical (unpaired) electrons. The van der Waals surface area contributed by atoms with Crippen molar-refractivity contribution in [1.29, 1.82) is 0 Å². The summed E-state index contributed by atoms with van der Waals surface area (Å²) >= 11 is 3.47.